The van der Waals surface area contributed by atoms with Crippen molar-refractivity contribution in [2.24, 2.45) is 5.92 Å². The van der Waals surface area contributed by atoms with Gasteiger partial charge in [0.25, 0.3) is 0 Å². The van der Waals surface area contributed by atoms with E-state index in [9.17, 15) is 4.79 Å². The first-order valence-electron chi connectivity index (χ1n) is 8.66. The molecule has 0 spiro atoms. The second-order valence-corrected chi connectivity index (χ2v) is 7.58. The molecule has 22 heavy (non-hydrogen) atoms. The monoisotopic (exact) mass is 321 g/mol. The lowest BCUT2D eigenvalue weighted by Gasteiger charge is -2.32. The van der Waals surface area contributed by atoms with E-state index >= 15 is 0 Å². The number of carbonyl (C=O) groups is 1. The summed E-state index contributed by atoms with van der Waals surface area (Å²) < 4.78 is 0. The van der Waals surface area contributed by atoms with Crippen molar-refractivity contribution in [3.63, 3.8) is 0 Å². The van der Waals surface area contributed by atoms with Crippen LogP contribution in [0.4, 0.5) is 0 Å². The molecule has 2 fully saturated rings. The minimum absolute atomic E-state index is 0.186. The molecule has 1 aliphatic heterocycles. The molecular weight excluding hydrogens is 294 g/mol. The van der Waals surface area contributed by atoms with Crippen LogP contribution in [-0.4, -0.2) is 34.9 Å². The fourth-order valence-electron chi connectivity index (χ4n) is 3.84. The van der Waals surface area contributed by atoms with Crippen LogP contribution in [0.3, 0.4) is 0 Å². The molecule has 3 rings (SSSR count). The number of carbonyl (C=O) groups excluding carboxylic acids is 1. The zero-order valence-electron chi connectivity index (χ0n) is 13.5. The van der Waals surface area contributed by atoms with Crippen molar-refractivity contribution in [3.8, 4) is 0 Å². The number of aromatic nitrogens is 1. The van der Waals surface area contributed by atoms with E-state index in [1.165, 1.54) is 30.6 Å². The lowest BCUT2D eigenvalue weighted by Crippen LogP contribution is -2.44. The molecule has 0 aromatic carbocycles. The van der Waals surface area contributed by atoms with E-state index in [0.717, 1.165) is 44.6 Å². The van der Waals surface area contributed by atoms with Crippen molar-refractivity contribution in [1.29, 1.82) is 0 Å². The first-order chi connectivity index (χ1) is 10.8. The second kappa shape index (κ2) is 7.55. The largest absolute Gasteiger partial charge is 0.356 e. The van der Waals surface area contributed by atoms with Crippen LogP contribution in [0.2, 0.25) is 0 Å². The highest BCUT2D eigenvalue weighted by Gasteiger charge is 2.36. The van der Waals surface area contributed by atoms with Gasteiger partial charge in [0.1, 0.15) is 0 Å². The maximum atomic E-state index is 12.5. The highest BCUT2D eigenvalue weighted by atomic mass is 32.1. The lowest BCUT2D eigenvalue weighted by atomic mass is 10.0. The van der Waals surface area contributed by atoms with E-state index in [1.54, 1.807) is 11.3 Å². The molecule has 2 atom stereocenters. The summed E-state index contributed by atoms with van der Waals surface area (Å²) in [6.45, 7) is 5.03. The summed E-state index contributed by atoms with van der Waals surface area (Å²) in [5.41, 5.74) is 3.09. The van der Waals surface area contributed by atoms with Crippen LogP contribution < -0.4 is 5.32 Å². The van der Waals surface area contributed by atoms with Gasteiger partial charge in [0.2, 0.25) is 5.91 Å². The normalized spacial score (nSPS) is 28.0. The smallest absolute Gasteiger partial charge is 0.224 e. The molecular formula is C17H27N3OS. The summed E-state index contributed by atoms with van der Waals surface area (Å²) in [5.74, 6) is 0.474. The molecule has 1 aromatic heterocycles. The van der Waals surface area contributed by atoms with Crippen molar-refractivity contribution < 1.29 is 4.79 Å². The van der Waals surface area contributed by atoms with Gasteiger partial charge in [0, 0.05) is 24.0 Å². The predicted molar refractivity (Wildman–Crippen MR) is 89.9 cm³/mol. The molecule has 2 aliphatic rings. The van der Waals surface area contributed by atoms with Crippen LogP contribution in [0.25, 0.3) is 0 Å². The van der Waals surface area contributed by atoms with Crippen LogP contribution in [0, 0.1) is 12.8 Å². The number of aryl methyl sites for hydroxylation is 1. The molecule has 0 bridgehead atoms. The molecule has 5 heteroatoms. The summed E-state index contributed by atoms with van der Waals surface area (Å²) >= 11 is 1.75. The average molecular weight is 321 g/mol. The fourth-order valence-corrected chi connectivity index (χ4v) is 4.65. The van der Waals surface area contributed by atoms with Crippen LogP contribution in [0.5, 0.6) is 0 Å². The molecule has 4 nitrogen and oxygen atoms in total. The summed E-state index contributed by atoms with van der Waals surface area (Å²) in [7, 11) is 0. The molecule has 1 saturated heterocycles. The van der Waals surface area contributed by atoms with Gasteiger partial charge in [0.15, 0.2) is 0 Å². The SMILES string of the molecule is Cc1ncsc1CN1CCCCCCNC(=O)[C@@H]2CCC[C@@H]21. The zero-order chi connectivity index (χ0) is 15.4. The van der Waals surface area contributed by atoms with E-state index in [-0.39, 0.29) is 11.8 Å². The van der Waals surface area contributed by atoms with Gasteiger partial charge in [-0.25, -0.2) is 4.98 Å². The predicted octanol–water partition coefficient (Wildman–Crippen LogP) is 3.11. The topological polar surface area (TPSA) is 45.2 Å². The maximum absolute atomic E-state index is 12.5. The summed E-state index contributed by atoms with van der Waals surface area (Å²) in [6, 6.07) is 0.416. The minimum atomic E-state index is 0.186. The molecule has 1 amide bonds. The van der Waals surface area contributed by atoms with E-state index in [1.807, 2.05) is 5.51 Å². The van der Waals surface area contributed by atoms with Gasteiger partial charge >= 0.3 is 0 Å². The van der Waals surface area contributed by atoms with Crippen molar-refractivity contribution in [3.05, 3.63) is 16.1 Å². The Kier molecular flexibility index (Phi) is 5.47. The van der Waals surface area contributed by atoms with E-state index in [4.69, 9.17) is 0 Å². The van der Waals surface area contributed by atoms with Gasteiger partial charge in [-0.1, -0.05) is 19.3 Å². The molecule has 0 unspecified atom stereocenters. The third-order valence-electron chi connectivity index (χ3n) is 5.15. The van der Waals surface area contributed by atoms with E-state index in [0.29, 0.717) is 6.04 Å². The van der Waals surface area contributed by atoms with Crippen molar-refractivity contribution in [1.82, 2.24) is 15.2 Å². The number of nitrogens with zero attached hydrogens (tertiary/aromatic N) is 2. The Bertz CT molecular complexity index is 502. The third kappa shape index (κ3) is 3.69. The van der Waals surface area contributed by atoms with E-state index < -0.39 is 0 Å². The minimum Gasteiger partial charge on any atom is -0.356 e. The second-order valence-electron chi connectivity index (χ2n) is 6.64. The summed E-state index contributed by atoms with van der Waals surface area (Å²) in [5, 5.41) is 3.17. The van der Waals surface area contributed by atoms with Gasteiger partial charge in [-0.15, -0.1) is 11.3 Å². The van der Waals surface area contributed by atoms with Crippen LogP contribution in [0.1, 0.15) is 55.5 Å². The van der Waals surface area contributed by atoms with Gasteiger partial charge in [-0.3, -0.25) is 9.69 Å². The average Bonchev–Trinajstić information content (AvgIpc) is 3.13. The number of hydrogen-bond donors (Lipinski definition) is 1. The molecule has 122 valence electrons. The molecule has 1 aliphatic carbocycles. The summed E-state index contributed by atoms with van der Waals surface area (Å²) in [6.07, 6.45) is 8.26. The molecule has 2 heterocycles. The number of nitrogens with one attached hydrogen (secondary N) is 1. The lowest BCUT2D eigenvalue weighted by molar-refractivity contribution is -0.126. The Morgan fingerprint density at radius 2 is 2.14 bits per heavy atom. The highest BCUT2D eigenvalue weighted by Crippen LogP contribution is 2.32. The number of thiazole rings is 1. The van der Waals surface area contributed by atoms with E-state index in [2.05, 4.69) is 22.1 Å². The molecule has 0 radical (unpaired) electrons. The molecule has 1 saturated carbocycles. The van der Waals surface area contributed by atoms with Crippen molar-refractivity contribution in [2.45, 2.75) is 64.5 Å². The molecule has 1 N–H and O–H groups in total. The Hall–Kier alpha value is -0.940. The number of hydrogen-bond acceptors (Lipinski definition) is 4. The van der Waals surface area contributed by atoms with Gasteiger partial charge in [0.05, 0.1) is 17.1 Å². The zero-order valence-corrected chi connectivity index (χ0v) is 14.3. The van der Waals surface area contributed by atoms with Crippen molar-refractivity contribution in [2.75, 3.05) is 13.1 Å². The third-order valence-corrected chi connectivity index (χ3v) is 6.07. The highest BCUT2D eigenvalue weighted by molar-refractivity contribution is 7.09. The molecule has 1 aromatic rings. The number of rotatable bonds is 2. The van der Waals surface area contributed by atoms with Gasteiger partial charge < -0.3 is 5.32 Å². The Balaban J connectivity index is 1.76. The van der Waals surface area contributed by atoms with Crippen LogP contribution in [0.15, 0.2) is 5.51 Å². The van der Waals surface area contributed by atoms with Crippen molar-refractivity contribution >= 4 is 17.2 Å². The van der Waals surface area contributed by atoms with Gasteiger partial charge in [-0.05, 0) is 39.2 Å². The van der Waals surface area contributed by atoms with Crippen LogP contribution >= 0.6 is 11.3 Å². The standard InChI is InChI=1S/C17H27N3OS/c1-13-16(22-12-19-13)11-20-10-5-3-2-4-9-18-17(21)14-7-6-8-15(14)20/h12,14-15H,2-11H2,1H3,(H,18,21)/t14-,15+/m1/s1. The first kappa shape index (κ1) is 15.9. The van der Waals surface area contributed by atoms with Gasteiger partial charge in [-0.2, -0.15) is 0 Å². The Morgan fingerprint density at radius 1 is 1.27 bits per heavy atom. The quantitative estimate of drug-likeness (QED) is 0.910. The van der Waals surface area contributed by atoms with Crippen LogP contribution in [-0.2, 0) is 11.3 Å². The first-order valence-corrected chi connectivity index (χ1v) is 9.54. The number of amides is 1. The summed E-state index contributed by atoms with van der Waals surface area (Å²) in [4.78, 5) is 20.8. The Morgan fingerprint density at radius 3 is 2.95 bits per heavy atom. The fraction of sp³-hybridized carbons (Fsp3) is 0.765. The number of fused-ring (bicyclic) bond motifs is 1. The Labute approximate surface area is 137 Å². The maximum Gasteiger partial charge on any atom is 0.224 e.